The number of halogens is 1. The summed E-state index contributed by atoms with van der Waals surface area (Å²) in [6.07, 6.45) is 0. The van der Waals surface area contributed by atoms with Crippen LogP contribution in [-0.4, -0.2) is 16.1 Å². The molecule has 1 aromatic heterocycles. The van der Waals surface area contributed by atoms with E-state index in [0.29, 0.717) is 16.6 Å². The molecule has 3 aromatic rings. The molecule has 0 spiro atoms. The topological polar surface area (TPSA) is 50.2 Å². The summed E-state index contributed by atoms with van der Waals surface area (Å²) in [6, 6.07) is 13.2. The lowest BCUT2D eigenvalue weighted by Gasteiger charge is -2.09. The molecule has 0 atom stereocenters. The van der Waals surface area contributed by atoms with Crippen molar-refractivity contribution in [1.82, 2.24) is 4.98 Å². The van der Waals surface area contributed by atoms with Crippen LogP contribution >= 0.6 is 15.9 Å². The molecule has 0 saturated heterocycles. The summed E-state index contributed by atoms with van der Waals surface area (Å²) in [6.45, 7) is 4.09. The molecule has 22 heavy (non-hydrogen) atoms. The van der Waals surface area contributed by atoms with Crippen molar-refractivity contribution in [3.63, 3.8) is 0 Å². The summed E-state index contributed by atoms with van der Waals surface area (Å²) in [5, 5.41) is 10.1. The van der Waals surface area contributed by atoms with Crippen molar-refractivity contribution in [2.75, 3.05) is 0 Å². The largest absolute Gasteiger partial charge is 0.478 e. The number of fused-ring (bicyclic) bond motifs is 1. The van der Waals surface area contributed by atoms with Crippen LogP contribution in [-0.2, 0) is 0 Å². The SMILES string of the molecule is Cc1ccc(-c2cc(C(=O)O)c3cc(Br)ccc3n2)cc1C. The van der Waals surface area contributed by atoms with Crippen molar-refractivity contribution in [3.05, 3.63) is 63.6 Å². The van der Waals surface area contributed by atoms with Gasteiger partial charge in [0.15, 0.2) is 0 Å². The molecule has 0 unspecified atom stereocenters. The number of aromatic nitrogens is 1. The lowest BCUT2D eigenvalue weighted by atomic mass is 10.0. The molecule has 2 aromatic carbocycles. The Morgan fingerprint density at radius 1 is 1.05 bits per heavy atom. The number of aromatic carboxylic acids is 1. The zero-order valence-electron chi connectivity index (χ0n) is 12.2. The van der Waals surface area contributed by atoms with Crippen molar-refractivity contribution in [2.45, 2.75) is 13.8 Å². The molecule has 0 saturated carbocycles. The Morgan fingerprint density at radius 2 is 1.82 bits per heavy atom. The first-order valence-electron chi connectivity index (χ1n) is 6.87. The fourth-order valence-electron chi connectivity index (χ4n) is 2.42. The van der Waals surface area contributed by atoms with E-state index in [1.165, 1.54) is 5.56 Å². The first kappa shape index (κ1) is 14.7. The minimum Gasteiger partial charge on any atom is -0.478 e. The summed E-state index contributed by atoms with van der Waals surface area (Å²) in [5.41, 5.74) is 4.90. The molecule has 4 heteroatoms. The number of rotatable bonds is 2. The van der Waals surface area contributed by atoms with E-state index >= 15 is 0 Å². The van der Waals surface area contributed by atoms with E-state index in [2.05, 4.69) is 20.9 Å². The molecule has 3 nitrogen and oxygen atoms in total. The molecule has 0 fully saturated rings. The lowest BCUT2D eigenvalue weighted by molar-refractivity contribution is 0.0699. The number of hydrogen-bond donors (Lipinski definition) is 1. The molecule has 0 radical (unpaired) electrons. The highest BCUT2D eigenvalue weighted by atomic mass is 79.9. The van der Waals surface area contributed by atoms with Crippen LogP contribution in [0, 0.1) is 13.8 Å². The third-order valence-electron chi connectivity index (χ3n) is 3.80. The zero-order chi connectivity index (χ0) is 15.9. The minimum absolute atomic E-state index is 0.263. The molecule has 1 N–H and O–H groups in total. The van der Waals surface area contributed by atoms with Crippen LogP contribution in [0.4, 0.5) is 0 Å². The maximum atomic E-state index is 11.6. The standard InChI is InChI=1S/C18H14BrNO2/c1-10-3-4-12(7-11(10)2)17-9-15(18(21)22)14-8-13(19)5-6-16(14)20-17/h3-9H,1-2H3,(H,21,22). The molecule has 0 aliphatic carbocycles. The number of carboxylic acid groups (broad SMARTS) is 1. The molecule has 0 amide bonds. The van der Waals surface area contributed by atoms with Gasteiger partial charge in [-0.05, 0) is 55.3 Å². The molecular weight excluding hydrogens is 342 g/mol. The van der Waals surface area contributed by atoms with Gasteiger partial charge in [0.1, 0.15) is 0 Å². The van der Waals surface area contributed by atoms with E-state index in [9.17, 15) is 9.90 Å². The predicted molar refractivity (Wildman–Crippen MR) is 91.3 cm³/mol. The molecule has 0 bridgehead atoms. The summed E-state index contributed by atoms with van der Waals surface area (Å²) in [4.78, 5) is 16.2. The average molecular weight is 356 g/mol. The number of carboxylic acids is 1. The van der Waals surface area contributed by atoms with Gasteiger partial charge >= 0.3 is 5.97 Å². The molecular formula is C18H14BrNO2. The van der Waals surface area contributed by atoms with E-state index in [-0.39, 0.29) is 5.56 Å². The highest BCUT2D eigenvalue weighted by Gasteiger charge is 2.13. The van der Waals surface area contributed by atoms with Crippen molar-refractivity contribution in [1.29, 1.82) is 0 Å². The van der Waals surface area contributed by atoms with Gasteiger partial charge in [0.05, 0.1) is 16.8 Å². The second kappa shape index (κ2) is 5.54. The van der Waals surface area contributed by atoms with Gasteiger partial charge in [-0.3, -0.25) is 0 Å². The average Bonchev–Trinajstić information content (AvgIpc) is 2.48. The lowest BCUT2D eigenvalue weighted by Crippen LogP contribution is -2.00. The van der Waals surface area contributed by atoms with E-state index in [1.54, 1.807) is 12.1 Å². The van der Waals surface area contributed by atoms with Crippen molar-refractivity contribution >= 4 is 32.8 Å². The molecule has 110 valence electrons. The maximum Gasteiger partial charge on any atom is 0.336 e. The van der Waals surface area contributed by atoms with Gasteiger partial charge in [-0.25, -0.2) is 9.78 Å². The number of aryl methyl sites for hydroxylation is 2. The summed E-state index contributed by atoms with van der Waals surface area (Å²) in [7, 11) is 0. The summed E-state index contributed by atoms with van der Waals surface area (Å²) >= 11 is 3.38. The molecule has 0 aliphatic heterocycles. The Morgan fingerprint density at radius 3 is 2.50 bits per heavy atom. The van der Waals surface area contributed by atoms with E-state index in [4.69, 9.17) is 0 Å². The third-order valence-corrected chi connectivity index (χ3v) is 4.30. The van der Waals surface area contributed by atoms with Gasteiger partial charge < -0.3 is 5.11 Å². The Kier molecular flexibility index (Phi) is 3.71. The van der Waals surface area contributed by atoms with Gasteiger partial charge in [0, 0.05) is 15.4 Å². The Balaban J connectivity index is 2.29. The highest BCUT2D eigenvalue weighted by Crippen LogP contribution is 2.28. The fraction of sp³-hybridized carbons (Fsp3) is 0.111. The van der Waals surface area contributed by atoms with E-state index in [0.717, 1.165) is 15.6 Å². The molecule has 1 heterocycles. The van der Waals surface area contributed by atoms with Crippen molar-refractivity contribution < 1.29 is 9.90 Å². The van der Waals surface area contributed by atoms with Crippen LogP contribution in [0.25, 0.3) is 22.2 Å². The van der Waals surface area contributed by atoms with Gasteiger partial charge in [-0.1, -0.05) is 28.1 Å². The van der Waals surface area contributed by atoms with Gasteiger partial charge in [-0.15, -0.1) is 0 Å². The number of benzene rings is 2. The third kappa shape index (κ3) is 2.62. The normalized spacial score (nSPS) is 10.9. The second-order valence-corrected chi connectivity index (χ2v) is 6.24. The number of carbonyl (C=O) groups is 1. The smallest absolute Gasteiger partial charge is 0.336 e. The summed E-state index contributed by atoms with van der Waals surface area (Å²) < 4.78 is 0.836. The zero-order valence-corrected chi connectivity index (χ0v) is 13.8. The van der Waals surface area contributed by atoms with Gasteiger partial charge in [0.25, 0.3) is 0 Å². The Bertz CT molecular complexity index is 903. The van der Waals surface area contributed by atoms with Crippen LogP contribution in [0.5, 0.6) is 0 Å². The Labute approximate surface area is 136 Å². The number of nitrogens with zero attached hydrogens (tertiary/aromatic N) is 1. The molecule has 0 aliphatic rings. The summed E-state index contributed by atoms with van der Waals surface area (Å²) in [5.74, 6) is -0.949. The van der Waals surface area contributed by atoms with Crippen LogP contribution in [0.3, 0.4) is 0 Å². The molecule has 3 rings (SSSR count). The van der Waals surface area contributed by atoms with Crippen LogP contribution in [0.1, 0.15) is 21.5 Å². The first-order chi connectivity index (χ1) is 10.5. The van der Waals surface area contributed by atoms with Gasteiger partial charge in [0.2, 0.25) is 0 Å². The Hall–Kier alpha value is -2.20. The van der Waals surface area contributed by atoms with Crippen LogP contribution in [0.2, 0.25) is 0 Å². The quantitative estimate of drug-likeness (QED) is 0.705. The number of hydrogen-bond acceptors (Lipinski definition) is 2. The van der Waals surface area contributed by atoms with Crippen LogP contribution in [0.15, 0.2) is 46.9 Å². The minimum atomic E-state index is -0.949. The second-order valence-electron chi connectivity index (χ2n) is 5.32. The van der Waals surface area contributed by atoms with Crippen LogP contribution < -0.4 is 0 Å². The van der Waals surface area contributed by atoms with E-state index in [1.807, 2.05) is 44.2 Å². The van der Waals surface area contributed by atoms with Crippen molar-refractivity contribution in [2.24, 2.45) is 0 Å². The monoisotopic (exact) mass is 355 g/mol. The van der Waals surface area contributed by atoms with Gasteiger partial charge in [-0.2, -0.15) is 0 Å². The number of pyridine rings is 1. The fourth-order valence-corrected chi connectivity index (χ4v) is 2.78. The predicted octanol–water partition coefficient (Wildman–Crippen LogP) is 4.98. The van der Waals surface area contributed by atoms with Crippen molar-refractivity contribution in [3.8, 4) is 11.3 Å². The van der Waals surface area contributed by atoms with E-state index < -0.39 is 5.97 Å². The first-order valence-corrected chi connectivity index (χ1v) is 7.66. The highest BCUT2D eigenvalue weighted by molar-refractivity contribution is 9.10. The maximum absolute atomic E-state index is 11.6.